The van der Waals surface area contributed by atoms with E-state index in [1.165, 1.54) is 12.8 Å². The molecule has 1 aliphatic rings. The highest BCUT2D eigenvalue weighted by Gasteiger charge is 2.18. The van der Waals surface area contributed by atoms with Crippen molar-refractivity contribution in [3.8, 4) is 0 Å². The predicted molar refractivity (Wildman–Crippen MR) is 49.9 cm³/mol. The molecule has 1 rings (SSSR count). The van der Waals surface area contributed by atoms with Crippen molar-refractivity contribution in [1.29, 1.82) is 0 Å². The first kappa shape index (κ1) is 9.28. The average Bonchev–Trinajstić information content (AvgIpc) is 2.27. The smallest absolute Gasteiger partial charge is 0.136 e. The zero-order valence-electron chi connectivity index (χ0n) is 7.51. The third-order valence-electron chi connectivity index (χ3n) is 2.48. The number of carbonyl (C=O) groups excluding carboxylic acids is 1. The Morgan fingerprint density at radius 1 is 1.50 bits per heavy atom. The quantitative estimate of drug-likeness (QED) is 0.453. The highest BCUT2D eigenvalue weighted by molar-refractivity contribution is 5.81. The molecule has 0 aliphatic heterocycles. The Balaban J connectivity index is 2.47. The third kappa shape index (κ3) is 2.67. The van der Waals surface area contributed by atoms with Crippen LogP contribution in [0.25, 0.3) is 0 Å². The molecule has 1 fully saturated rings. The van der Waals surface area contributed by atoms with E-state index in [-0.39, 0.29) is 5.92 Å². The summed E-state index contributed by atoms with van der Waals surface area (Å²) in [5.41, 5.74) is 2.73. The minimum Gasteiger partial charge on any atom is -0.299 e. The Labute approximate surface area is 74.2 Å². The highest BCUT2D eigenvalue weighted by Crippen LogP contribution is 2.22. The average molecular weight is 164 g/mol. The van der Waals surface area contributed by atoms with Crippen molar-refractivity contribution in [2.45, 2.75) is 38.5 Å². The first-order chi connectivity index (χ1) is 5.84. The fourth-order valence-corrected chi connectivity index (χ4v) is 1.71. The second-order valence-corrected chi connectivity index (χ2v) is 3.41. The number of allylic oxidation sites excluding steroid dienone is 1. The van der Waals surface area contributed by atoms with Crippen LogP contribution in [0.1, 0.15) is 38.5 Å². The number of rotatable bonds is 2. The molecule has 0 spiro atoms. The SMILES string of the molecule is C=C=CCC1CCCCCC1=O. The topological polar surface area (TPSA) is 17.1 Å². The summed E-state index contributed by atoms with van der Waals surface area (Å²) in [6.45, 7) is 3.50. The lowest BCUT2D eigenvalue weighted by Gasteiger charge is -2.08. The molecule has 1 aliphatic carbocycles. The minimum atomic E-state index is 0.266. The molecule has 0 amide bonds. The molecule has 0 bridgehead atoms. The molecule has 1 saturated carbocycles. The predicted octanol–water partition coefficient (Wildman–Crippen LogP) is 2.87. The largest absolute Gasteiger partial charge is 0.299 e. The van der Waals surface area contributed by atoms with E-state index in [4.69, 9.17) is 0 Å². The highest BCUT2D eigenvalue weighted by atomic mass is 16.1. The van der Waals surface area contributed by atoms with Crippen molar-refractivity contribution >= 4 is 5.78 Å². The molecular formula is C11H16O. The van der Waals surface area contributed by atoms with Gasteiger partial charge in [-0.05, 0) is 25.3 Å². The van der Waals surface area contributed by atoms with Gasteiger partial charge in [-0.1, -0.05) is 19.4 Å². The van der Waals surface area contributed by atoms with Crippen LogP contribution in [-0.2, 0) is 4.79 Å². The fraction of sp³-hybridized carbons (Fsp3) is 0.636. The van der Waals surface area contributed by atoms with E-state index in [0.717, 1.165) is 25.7 Å². The van der Waals surface area contributed by atoms with Crippen molar-refractivity contribution in [3.05, 3.63) is 18.4 Å². The van der Waals surface area contributed by atoms with Crippen LogP contribution in [0.3, 0.4) is 0 Å². The van der Waals surface area contributed by atoms with Gasteiger partial charge in [-0.2, -0.15) is 0 Å². The van der Waals surface area contributed by atoms with Crippen LogP contribution in [0, 0.1) is 5.92 Å². The molecule has 0 N–H and O–H groups in total. The Morgan fingerprint density at radius 2 is 2.33 bits per heavy atom. The Hall–Kier alpha value is -0.810. The second-order valence-electron chi connectivity index (χ2n) is 3.41. The molecule has 66 valence electrons. The molecule has 0 aromatic heterocycles. The summed E-state index contributed by atoms with van der Waals surface area (Å²) < 4.78 is 0. The van der Waals surface area contributed by atoms with Gasteiger partial charge >= 0.3 is 0 Å². The maximum absolute atomic E-state index is 11.5. The van der Waals surface area contributed by atoms with Crippen LogP contribution in [0.2, 0.25) is 0 Å². The summed E-state index contributed by atoms with van der Waals surface area (Å²) in [4.78, 5) is 11.5. The molecule has 1 unspecified atom stereocenters. The van der Waals surface area contributed by atoms with Gasteiger partial charge in [0.25, 0.3) is 0 Å². The standard InChI is InChI=1S/C11H16O/c1-2-3-7-10-8-5-4-6-9-11(10)12/h3,10H,1,4-9H2. The van der Waals surface area contributed by atoms with Crippen molar-refractivity contribution in [2.24, 2.45) is 5.92 Å². The van der Waals surface area contributed by atoms with Crippen molar-refractivity contribution in [3.63, 3.8) is 0 Å². The molecule has 0 aromatic carbocycles. The molecule has 12 heavy (non-hydrogen) atoms. The van der Waals surface area contributed by atoms with Gasteiger partial charge in [-0.15, -0.1) is 5.73 Å². The number of hydrogen-bond acceptors (Lipinski definition) is 1. The van der Waals surface area contributed by atoms with Gasteiger partial charge in [0, 0.05) is 12.3 Å². The van der Waals surface area contributed by atoms with Gasteiger partial charge in [0.1, 0.15) is 5.78 Å². The van der Waals surface area contributed by atoms with Crippen LogP contribution in [0.4, 0.5) is 0 Å². The zero-order valence-corrected chi connectivity index (χ0v) is 7.51. The first-order valence-electron chi connectivity index (χ1n) is 4.71. The van der Waals surface area contributed by atoms with Crippen molar-refractivity contribution < 1.29 is 4.79 Å². The maximum atomic E-state index is 11.5. The van der Waals surface area contributed by atoms with Crippen LogP contribution in [-0.4, -0.2) is 5.78 Å². The second kappa shape index (κ2) is 4.95. The summed E-state index contributed by atoms with van der Waals surface area (Å²) in [7, 11) is 0. The van der Waals surface area contributed by atoms with E-state index >= 15 is 0 Å². The van der Waals surface area contributed by atoms with E-state index < -0.39 is 0 Å². The van der Waals surface area contributed by atoms with E-state index in [1.807, 2.05) is 6.08 Å². The van der Waals surface area contributed by atoms with Gasteiger partial charge in [-0.25, -0.2) is 0 Å². The summed E-state index contributed by atoms with van der Waals surface area (Å²) >= 11 is 0. The molecule has 0 aromatic rings. The van der Waals surface area contributed by atoms with E-state index in [0.29, 0.717) is 5.78 Å². The normalized spacial score (nSPS) is 24.3. The molecule has 1 nitrogen and oxygen atoms in total. The fourth-order valence-electron chi connectivity index (χ4n) is 1.71. The molecular weight excluding hydrogens is 148 g/mol. The van der Waals surface area contributed by atoms with Gasteiger partial charge in [0.05, 0.1) is 0 Å². The van der Waals surface area contributed by atoms with Crippen LogP contribution >= 0.6 is 0 Å². The molecule has 1 heteroatoms. The van der Waals surface area contributed by atoms with Crippen LogP contribution in [0.15, 0.2) is 18.4 Å². The first-order valence-corrected chi connectivity index (χ1v) is 4.71. The van der Waals surface area contributed by atoms with E-state index in [1.54, 1.807) is 0 Å². The summed E-state index contributed by atoms with van der Waals surface area (Å²) in [6, 6.07) is 0. The molecule has 0 heterocycles. The van der Waals surface area contributed by atoms with Crippen LogP contribution < -0.4 is 0 Å². The van der Waals surface area contributed by atoms with Crippen molar-refractivity contribution in [1.82, 2.24) is 0 Å². The van der Waals surface area contributed by atoms with E-state index in [9.17, 15) is 4.79 Å². The lowest BCUT2D eigenvalue weighted by atomic mass is 9.95. The van der Waals surface area contributed by atoms with E-state index in [2.05, 4.69) is 12.3 Å². The van der Waals surface area contributed by atoms with Gasteiger partial charge in [0.2, 0.25) is 0 Å². The third-order valence-corrected chi connectivity index (χ3v) is 2.48. The van der Waals surface area contributed by atoms with Gasteiger partial charge in [-0.3, -0.25) is 4.79 Å². The minimum absolute atomic E-state index is 0.266. The van der Waals surface area contributed by atoms with Gasteiger partial charge < -0.3 is 0 Å². The Kier molecular flexibility index (Phi) is 3.83. The lowest BCUT2D eigenvalue weighted by Crippen LogP contribution is -2.10. The Bertz CT molecular complexity index is 199. The molecule has 0 saturated heterocycles. The monoisotopic (exact) mass is 164 g/mol. The summed E-state index contributed by atoms with van der Waals surface area (Å²) in [6.07, 6.45) is 8.11. The summed E-state index contributed by atoms with van der Waals surface area (Å²) in [5, 5.41) is 0. The van der Waals surface area contributed by atoms with Crippen LogP contribution in [0.5, 0.6) is 0 Å². The lowest BCUT2D eigenvalue weighted by molar-refractivity contribution is -0.122. The summed E-state index contributed by atoms with van der Waals surface area (Å²) in [5.74, 6) is 0.709. The number of carbonyl (C=O) groups is 1. The zero-order chi connectivity index (χ0) is 8.81. The number of Topliss-reactive ketones (excluding diaryl/α,β-unsaturated/α-hetero) is 1. The number of hydrogen-bond donors (Lipinski definition) is 0. The molecule has 0 radical (unpaired) electrons. The molecule has 1 atom stereocenters. The maximum Gasteiger partial charge on any atom is 0.136 e. The van der Waals surface area contributed by atoms with Crippen molar-refractivity contribution in [2.75, 3.05) is 0 Å². The van der Waals surface area contributed by atoms with Gasteiger partial charge in [0.15, 0.2) is 0 Å². The number of ketones is 1. The Morgan fingerprint density at radius 3 is 3.08 bits per heavy atom.